The Morgan fingerprint density at radius 2 is 1.00 bits per heavy atom. The fraction of sp³-hybridized carbons (Fsp3) is 0.154. The molecule has 0 saturated carbocycles. The number of rotatable bonds is 16. The molecular formula is C39H41B2Cl3N6O2. The molecule has 0 aliphatic heterocycles. The molecule has 7 rings (SSSR count). The number of imidazole rings is 3. The van der Waals surface area contributed by atoms with Crippen LogP contribution in [-0.4, -0.2) is 38.1 Å². The number of aromatic amines is 2. The second kappa shape index (κ2) is 17.3. The molecule has 0 aliphatic carbocycles. The zero-order valence-corrected chi connectivity index (χ0v) is 30.9. The zero-order chi connectivity index (χ0) is 34.9. The normalized spacial score (nSPS) is 14.8. The Morgan fingerprint density at radius 3 is 1.48 bits per heavy atom. The average molecular weight is 754 g/mol. The van der Waals surface area contributed by atoms with Crippen molar-refractivity contribution in [1.29, 1.82) is 0 Å². The maximum absolute atomic E-state index is 8.00. The predicted octanol–water partition coefficient (Wildman–Crippen LogP) is 2.89. The monoisotopic (exact) mass is 752 g/mol. The summed E-state index contributed by atoms with van der Waals surface area (Å²) in [6.45, 7) is 0.797. The third-order valence-corrected chi connectivity index (χ3v) is 11.1. The smallest absolute Gasteiger partial charge is 0.495 e. The van der Waals surface area contributed by atoms with E-state index >= 15 is 0 Å². The lowest BCUT2D eigenvalue weighted by Gasteiger charge is -2.37. The van der Waals surface area contributed by atoms with Crippen LogP contribution in [0.1, 0.15) is 22.3 Å². The number of H-pyrrole nitrogens is 2. The molecule has 13 heteroatoms. The Morgan fingerprint density at radius 1 is 0.558 bits per heavy atom. The summed E-state index contributed by atoms with van der Waals surface area (Å²) in [6.07, 6.45) is 18.5. The van der Waals surface area contributed by atoms with Crippen LogP contribution in [0, 0.1) is 0 Å². The third-order valence-electron chi connectivity index (χ3n) is 9.60. The van der Waals surface area contributed by atoms with Gasteiger partial charge >= 0.3 is 11.7 Å². The topological polar surface area (TPSA) is 66.6 Å². The summed E-state index contributed by atoms with van der Waals surface area (Å²) in [5.74, 6) is -4.35. The number of aromatic nitrogens is 6. The molecule has 0 aliphatic rings. The van der Waals surface area contributed by atoms with E-state index in [2.05, 4.69) is 58.5 Å². The third kappa shape index (κ3) is 8.22. The highest BCUT2D eigenvalue weighted by molar-refractivity contribution is 7.15. The van der Waals surface area contributed by atoms with Crippen molar-refractivity contribution in [1.82, 2.24) is 14.4 Å². The Bertz CT molecular complexity index is 1910. The van der Waals surface area contributed by atoms with Crippen molar-refractivity contribution in [3.8, 4) is 0 Å². The van der Waals surface area contributed by atoms with Crippen molar-refractivity contribution in [3.05, 3.63) is 200 Å². The molecule has 2 N–H and O–H groups in total. The van der Waals surface area contributed by atoms with Gasteiger partial charge in [0.15, 0.2) is 19.0 Å². The summed E-state index contributed by atoms with van der Waals surface area (Å²) >= 11 is 16.0. The van der Waals surface area contributed by atoms with E-state index in [0.29, 0.717) is 26.1 Å². The Kier molecular flexibility index (Phi) is 12.4. The Hall–Kier alpha value is -4.57. The van der Waals surface area contributed by atoms with Gasteiger partial charge in [0.1, 0.15) is 12.4 Å². The van der Waals surface area contributed by atoms with Crippen LogP contribution < -0.4 is 25.8 Å². The molecule has 0 spiro atoms. The van der Waals surface area contributed by atoms with Crippen LogP contribution in [-0.2, 0) is 35.5 Å². The van der Waals surface area contributed by atoms with E-state index in [9.17, 15) is 0 Å². The zero-order valence-electron chi connectivity index (χ0n) is 28.6. The molecule has 0 radical (unpaired) electrons. The van der Waals surface area contributed by atoms with Crippen LogP contribution in [0.4, 0.5) is 0 Å². The molecule has 3 heterocycles. The van der Waals surface area contributed by atoms with Gasteiger partial charge in [0, 0.05) is 12.0 Å². The van der Waals surface area contributed by atoms with Crippen molar-refractivity contribution in [2.45, 2.75) is 38.1 Å². The highest BCUT2D eigenvalue weighted by Crippen LogP contribution is 2.24. The number of benzene rings is 4. The molecule has 7 aromatic rings. The van der Waals surface area contributed by atoms with Gasteiger partial charge in [0.25, 0.3) is 0 Å². The van der Waals surface area contributed by atoms with Crippen LogP contribution in [0.2, 0.25) is 0 Å². The van der Waals surface area contributed by atoms with E-state index in [4.69, 9.17) is 32.4 Å². The molecule has 3 aromatic heterocycles. The van der Waals surface area contributed by atoms with Gasteiger partial charge in [-0.15, -0.1) is 0 Å². The number of halogens is 3. The standard InChI is InChI=1S/C39H41B2Cl2N6O2.ClH/c42-40(46-23-21-44-31-46,38(27-34-13-5-1-6-14-34)50-29-36-17-9-3-10-18-36)48-25-26-49(33-48)41(43,47-24-22-45-32-47)39(28-35-15-7-2-8-16-35)51-30-37-19-11-4-12-20-37;/h1-26,31-33,38-39,44-45H,27-30H2;1H/q+1;/p-1/t38-,39+,40?,41?;. The first kappa shape index (κ1) is 37.2. The van der Waals surface area contributed by atoms with E-state index in [1.165, 1.54) is 0 Å². The second-order valence-electron chi connectivity index (χ2n) is 12.9. The largest absolute Gasteiger partial charge is 1.00 e. The summed E-state index contributed by atoms with van der Waals surface area (Å²) in [7, 11) is 0. The van der Waals surface area contributed by atoms with E-state index in [1.807, 2.05) is 147 Å². The molecule has 0 amide bonds. The lowest BCUT2D eigenvalue weighted by atomic mass is 9.63. The fourth-order valence-corrected chi connectivity index (χ4v) is 7.65. The first-order chi connectivity index (χ1) is 25.0. The predicted molar refractivity (Wildman–Crippen MR) is 202 cm³/mol. The van der Waals surface area contributed by atoms with Crippen molar-refractivity contribution in [2.75, 3.05) is 0 Å². The summed E-state index contributed by atoms with van der Waals surface area (Å²) < 4.78 is 21.7. The number of hydrogen-bond donors (Lipinski definition) is 2. The van der Waals surface area contributed by atoms with Gasteiger partial charge in [0.05, 0.1) is 38.0 Å². The molecule has 266 valence electrons. The molecule has 8 nitrogen and oxygen atoms in total. The maximum Gasteiger partial charge on any atom is 0.495 e. The number of hydrogen-bond acceptors (Lipinski definition) is 2. The van der Waals surface area contributed by atoms with Gasteiger partial charge in [-0.1, -0.05) is 121 Å². The van der Waals surface area contributed by atoms with Crippen LogP contribution in [0.3, 0.4) is 0 Å². The molecule has 0 fully saturated rings. The molecule has 0 saturated heterocycles. The second-order valence-corrected chi connectivity index (χ2v) is 14.2. The highest BCUT2D eigenvalue weighted by atomic mass is 35.5. The van der Waals surface area contributed by atoms with Crippen molar-refractivity contribution in [2.24, 2.45) is 0 Å². The quantitative estimate of drug-likeness (QED) is 0.149. The first-order valence-electron chi connectivity index (χ1n) is 17.3. The molecular weight excluding hydrogens is 712 g/mol. The molecule has 2 unspecified atom stereocenters. The van der Waals surface area contributed by atoms with Crippen molar-refractivity contribution in [3.63, 3.8) is 0 Å². The maximum atomic E-state index is 8.00. The number of nitrogens with one attached hydrogen (secondary N) is 2. The lowest BCUT2D eigenvalue weighted by Crippen LogP contribution is -3.00. The fourth-order valence-electron chi connectivity index (χ4n) is 6.85. The summed E-state index contributed by atoms with van der Waals surface area (Å²) in [6, 6.07) is 40.1. The minimum absolute atomic E-state index is 0. The molecule has 52 heavy (non-hydrogen) atoms. The van der Waals surface area contributed by atoms with Crippen LogP contribution in [0.25, 0.3) is 0 Å². The Balaban J connectivity index is 0.00000464. The minimum atomic E-state index is -2.18. The summed E-state index contributed by atoms with van der Waals surface area (Å²) in [5, 5.41) is 0. The summed E-state index contributed by atoms with van der Waals surface area (Å²) in [5.41, 5.74) is 4.38. The minimum Gasteiger partial charge on any atom is -1.00 e. The van der Waals surface area contributed by atoms with E-state index in [0.717, 1.165) is 22.3 Å². The molecule has 4 atom stereocenters. The van der Waals surface area contributed by atoms with Gasteiger partial charge in [-0.05, 0) is 35.1 Å². The first-order valence-corrected chi connectivity index (χ1v) is 18.2. The van der Waals surface area contributed by atoms with Crippen LogP contribution in [0.5, 0.6) is 0 Å². The van der Waals surface area contributed by atoms with Crippen molar-refractivity contribution >= 4 is 34.6 Å². The molecule has 0 bridgehead atoms. The van der Waals surface area contributed by atoms with Gasteiger partial charge in [-0.25, -0.2) is 0 Å². The van der Waals surface area contributed by atoms with E-state index in [1.54, 1.807) is 0 Å². The van der Waals surface area contributed by atoms with Gasteiger partial charge in [-0.3, -0.25) is 32.9 Å². The lowest BCUT2D eigenvalue weighted by molar-refractivity contribution is -0.685. The van der Waals surface area contributed by atoms with E-state index < -0.39 is 23.7 Å². The summed E-state index contributed by atoms with van der Waals surface area (Å²) in [4.78, 5) is 6.41. The van der Waals surface area contributed by atoms with Gasteiger partial charge in [-0.2, -0.15) is 0 Å². The van der Waals surface area contributed by atoms with Crippen LogP contribution >= 0.6 is 22.9 Å². The van der Waals surface area contributed by atoms with Crippen molar-refractivity contribution < 1.29 is 35.3 Å². The van der Waals surface area contributed by atoms with Gasteiger partial charge in [0.2, 0.25) is 0 Å². The Labute approximate surface area is 320 Å². The number of nitrogens with zero attached hydrogens (tertiary/aromatic N) is 4. The van der Waals surface area contributed by atoms with Gasteiger partial charge < -0.3 is 39.8 Å². The van der Waals surface area contributed by atoms with Crippen LogP contribution in [0.15, 0.2) is 177 Å². The molecule has 4 aromatic carbocycles. The highest BCUT2D eigenvalue weighted by Gasteiger charge is 2.51. The average Bonchev–Trinajstić information content (AvgIpc) is 4.01. The number of ether oxygens (including phenoxy) is 2. The SMILES string of the molecule is Cl[B-]([C@H](Cc1ccccc1)OCc1ccccc1)(n1cc[n+]([B-](Cl)([C@@H](Cc2ccccc2)OCc2ccccc2)[n+]2cc[nH]c2)c1)[n+]1cc[nH]c1.[Cl-]. The van der Waals surface area contributed by atoms with E-state index in [-0.39, 0.29) is 12.4 Å².